The first-order valence-corrected chi connectivity index (χ1v) is 14.0. The SMILES string of the molecule is COc1ccc(CCS(C)(=O)=O)c(Nc2nc3ccccc3nc2NS(=O)(=O)c2cn(C)cn2)c1.[K]. The molecule has 11 nitrogen and oxygen atoms in total. The van der Waals surface area contributed by atoms with E-state index in [-0.39, 0.29) is 80.2 Å². The molecule has 14 heteroatoms. The van der Waals surface area contributed by atoms with Crippen molar-refractivity contribution in [1.82, 2.24) is 19.5 Å². The average Bonchev–Trinajstić information content (AvgIpc) is 3.25. The fourth-order valence-electron chi connectivity index (χ4n) is 3.31. The Morgan fingerprint density at radius 2 is 1.67 bits per heavy atom. The first kappa shape index (κ1) is 28.5. The molecule has 4 aromatic rings. The molecule has 2 aromatic heterocycles. The summed E-state index contributed by atoms with van der Waals surface area (Å²) in [4.78, 5) is 13.0. The molecule has 2 heterocycles. The Morgan fingerprint density at radius 3 is 2.25 bits per heavy atom. The van der Waals surface area contributed by atoms with Crippen LogP contribution in [0.15, 0.2) is 60.0 Å². The normalized spacial score (nSPS) is 11.6. The van der Waals surface area contributed by atoms with E-state index in [4.69, 9.17) is 4.74 Å². The fourth-order valence-corrected chi connectivity index (χ4v) is 4.89. The van der Waals surface area contributed by atoms with Gasteiger partial charge in [-0.05, 0) is 30.2 Å². The van der Waals surface area contributed by atoms with Gasteiger partial charge in [-0.3, -0.25) is 4.72 Å². The van der Waals surface area contributed by atoms with Crippen molar-refractivity contribution in [3.63, 3.8) is 0 Å². The number of para-hydroxylation sites is 2. The van der Waals surface area contributed by atoms with Crippen molar-refractivity contribution in [1.29, 1.82) is 0 Å². The molecule has 2 N–H and O–H groups in total. The van der Waals surface area contributed by atoms with Crippen LogP contribution in [0.5, 0.6) is 5.75 Å². The second kappa shape index (κ2) is 11.5. The van der Waals surface area contributed by atoms with Crippen LogP contribution in [0.4, 0.5) is 17.3 Å². The molecular formula is C22H24KN6O5S2. The van der Waals surface area contributed by atoms with Gasteiger partial charge in [-0.25, -0.2) is 23.4 Å². The molecule has 2 aromatic carbocycles. The summed E-state index contributed by atoms with van der Waals surface area (Å²) in [6, 6.07) is 12.2. The number of sulfonamides is 1. The minimum absolute atomic E-state index is 0. The third kappa shape index (κ3) is 7.03. The number of rotatable bonds is 9. The van der Waals surface area contributed by atoms with E-state index < -0.39 is 19.9 Å². The van der Waals surface area contributed by atoms with Crippen LogP contribution in [0.3, 0.4) is 0 Å². The predicted molar refractivity (Wildman–Crippen MR) is 139 cm³/mol. The van der Waals surface area contributed by atoms with E-state index >= 15 is 0 Å². The maximum atomic E-state index is 13.0. The monoisotopic (exact) mass is 555 g/mol. The Balaban J connectivity index is 0.00000361. The summed E-state index contributed by atoms with van der Waals surface area (Å²) in [7, 11) is -4.09. The summed E-state index contributed by atoms with van der Waals surface area (Å²) in [5, 5.41) is 2.95. The van der Waals surface area contributed by atoms with Gasteiger partial charge in [0, 0.05) is 82.6 Å². The number of nitrogens with zero attached hydrogens (tertiary/aromatic N) is 4. The molecule has 185 valence electrons. The molecule has 36 heavy (non-hydrogen) atoms. The maximum absolute atomic E-state index is 13.0. The predicted octanol–water partition coefficient (Wildman–Crippen LogP) is 2.12. The van der Waals surface area contributed by atoms with E-state index in [0.29, 0.717) is 28.0 Å². The molecule has 0 aliphatic carbocycles. The molecule has 0 fully saturated rings. The molecule has 0 amide bonds. The third-order valence-corrected chi connectivity index (χ3v) is 7.24. The van der Waals surface area contributed by atoms with Crippen LogP contribution >= 0.6 is 0 Å². The van der Waals surface area contributed by atoms with Gasteiger partial charge in [0.25, 0.3) is 10.0 Å². The Kier molecular flexibility index (Phi) is 9.14. The first-order valence-electron chi connectivity index (χ1n) is 10.4. The van der Waals surface area contributed by atoms with E-state index in [0.717, 1.165) is 0 Å². The largest absolute Gasteiger partial charge is 0.497 e. The smallest absolute Gasteiger partial charge is 0.282 e. The molecule has 0 spiro atoms. The van der Waals surface area contributed by atoms with Crippen molar-refractivity contribution in [2.75, 3.05) is 29.2 Å². The van der Waals surface area contributed by atoms with E-state index in [1.807, 2.05) is 0 Å². The van der Waals surface area contributed by atoms with Crippen LogP contribution in [0, 0.1) is 0 Å². The van der Waals surface area contributed by atoms with Crippen LogP contribution in [0.2, 0.25) is 0 Å². The summed E-state index contributed by atoms with van der Waals surface area (Å²) < 4.78 is 58.7. The molecule has 1 radical (unpaired) electrons. The number of nitrogens with one attached hydrogen (secondary N) is 2. The fraction of sp³-hybridized carbons (Fsp3) is 0.227. The number of aromatic nitrogens is 4. The van der Waals surface area contributed by atoms with Crippen molar-refractivity contribution in [2.24, 2.45) is 7.05 Å². The number of imidazole rings is 1. The maximum Gasteiger partial charge on any atom is 0.282 e. The number of hydrogen-bond donors (Lipinski definition) is 2. The van der Waals surface area contributed by atoms with Gasteiger partial charge in [-0.2, -0.15) is 8.42 Å². The summed E-state index contributed by atoms with van der Waals surface area (Å²) in [6.45, 7) is 0. The van der Waals surface area contributed by atoms with Crippen molar-refractivity contribution >= 4 is 99.6 Å². The molecule has 4 rings (SSSR count). The number of aryl methyl sites for hydroxylation is 2. The summed E-state index contributed by atoms with van der Waals surface area (Å²) in [6.07, 6.45) is 4.16. The van der Waals surface area contributed by atoms with E-state index in [9.17, 15) is 16.8 Å². The van der Waals surface area contributed by atoms with Gasteiger partial charge in [-0.1, -0.05) is 18.2 Å². The number of fused-ring (bicyclic) bond motifs is 1. The Morgan fingerprint density at radius 1 is 1.00 bits per heavy atom. The van der Waals surface area contributed by atoms with Crippen LogP contribution < -0.4 is 14.8 Å². The summed E-state index contributed by atoms with van der Waals surface area (Å²) in [5.74, 6) is 0.569. The van der Waals surface area contributed by atoms with Gasteiger partial charge in [0.05, 0.1) is 30.2 Å². The molecule has 0 atom stereocenters. The van der Waals surface area contributed by atoms with Gasteiger partial charge >= 0.3 is 0 Å². The van der Waals surface area contributed by atoms with Crippen LogP contribution in [0.25, 0.3) is 11.0 Å². The Labute approximate surface area is 252 Å². The van der Waals surface area contributed by atoms with E-state index in [2.05, 4.69) is 25.0 Å². The van der Waals surface area contributed by atoms with E-state index in [1.165, 1.54) is 30.5 Å². The molecule has 0 unspecified atom stereocenters. The number of benzene rings is 2. The zero-order chi connectivity index (χ0) is 25.2. The van der Waals surface area contributed by atoms with E-state index in [1.54, 1.807) is 49.5 Å². The topological polar surface area (TPSA) is 145 Å². The molecule has 0 saturated heterocycles. The van der Waals surface area contributed by atoms with Gasteiger partial charge in [0.1, 0.15) is 15.6 Å². The van der Waals surface area contributed by atoms with Crippen molar-refractivity contribution in [2.45, 2.75) is 11.4 Å². The minimum atomic E-state index is -4.06. The second-order valence-corrected chi connectivity index (χ2v) is 11.8. The van der Waals surface area contributed by atoms with Gasteiger partial charge < -0.3 is 14.6 Å². The number of anilines is 3. The standard InChI is InChI=1S/C22H24N6O5S2.K/c1-28-13-20(23-14-28)35(31,32)27-22-21(24-17-6-4-5-7-18(17)25-22)26-19-12-16(33-2)9-8-15(19)10-11-34(3,29)30;/h4-9,12-14H,10-11H2,1-3H3,(H,24,26)(H,25,27);. The molecule has 0 aliphatic rings. The van der Waals surface area contributed by atoms with Crippen molar-refractivity contribution < 1.29 is 21.6 Å². The van der Waals surface area contributed by atoms with Crippen LogP contribution in [-0.2, 0) is 33.3 Å². The zero-order valence-corrected chi connectivity index (χ0v) is 25.0. The molecule has 0 bridgehead atoms. The minimum Gasteiger partial charge on any atom is -0.497 e. The second-order valence-electron chi connectivity index (χ2n) is 7.92. The molecular weight excluding hydrogens is 532 g/mol. The van der Waals surface area contributed by atoms with Gasteiger partial charge in [-0.15, -0.1) is 0 Å². The Hall–Kier alpha value is -2.07. The quantitative estimate of drug-likeness (QED) is 0.297. The number of sulfone groups is 1. The van der Waals surface area contributed by atoms with Crippen molar-refractivity contribution in [3.8, 4) is 5.75 Å². The van der Waals surface area contributed by atoms with Crippen molar-refractivity contribution in [3.05, 3.63) is 60.6 Å². The Bertz CT molecular complexity index is 1610. The van der Waals surface area contributed by atoms with Gasteiger partial charge in [0.2, 0.25) is 0 Å². The summed E-state index contributed by atoms with van der Waals surface area (Å²) in [5.41, 5.74) is 2.22. The van der Waals surface area contributed by atoms with Gasteiger partial charge in [0.15, 0.2) is 16.7 Å². The number of hydrogen-bond acceptors (Lipinski definition) is 9. The summed E-state index contributed by atoms with van der Waals surface area (Å²) >= 11 is 0. The van der Waals surface area contributed by atoms with Crippen LogP contribution in [0.1, 0.15) is 5.56 Å². The molecule has 0 aliphatic heterocycles. The van der Waals surface area contributed by atoms with Crippen LogP contribution in [-0.4, -0.2) is 107 Å². The average molecular weight is 556 g/mol. The third-order valence-electron chi connectivity index (χ3n) is 5.07. The number of methoxy groups -OCH3 is 1. The number of ether oxygens (including phenoxy) is 1. The molecule has 0 saturated carbocycles. The first-order chi connectivity index (χ1) is 16.5. The zero-order valence-electron chi connectivity index (χ0n) is 20.3.